The maximum Gasteiger partial charge on any atom is 0.126 e. The van der Waals surface area contributed by atoms with Crippen LogP contribution in [0.1, 0.15) is 30.5 Å². The van der Waals surface area contributed by atoms with E-state index in [1.54, 1.807) is 6.07 Å². The van der Waals surface area contributed by atoms with E-state index in [0.29, 0.717) is 0 Å². The van der Waals surface area contributed by atoms with Crippen LogP contribution in [0, 0.1) is 12.7 Å². The van der Waals surface area contributed by atoms with Crippen LogP contribution in [0.5, 0.6) is 0 Å². The fourth-order valence-corrected chi connectivity index (χ4v) is 1.37. The van der Waals surface area contributed by atoms with E-state index < -0.39 is 0 Å². The first-order chi connectivity index (χ1) is 5.69. The standard InChI is InChI=1S/C11H15F/c1-4-9-6-10(5-2)8(3)11(12)7-9/h6-7H,4-5H2,1-3H3. The van der Waals surface area contributed by atoms with Crippen molar-refractivity contribution in [2.75, 3.05) is 0 Å². The summed E-state index contributed by atoms with van der Waals surface area (Å²) in [5.41, 5.74) is 3.02. The van der Waals surface area contributed by atoms with Crippen LogP contribution in [-0.4, -0.2) is 0 Å². The van der Waals surface area contributed by atoms with Crippen molar-refractivity contribution in [2.24, 2.45) is 0 Å². The second-order valence-electron chi connectivity index (χ2n) is 3.07. The van der Waals surface area contributed by atoms with E-state index in [9.17, 15) is 4.39 Å². The van der Waals surface area contributed by atoms with Gasteiger partial charge in [-0.15, -0.1) is 0 Å². The largest absolute Gasteiger partial charge is 0.207 e. The van der Waals surface area contributed by atoms with Gasteiger partial charge in [-0.05, 0) is 42.5 Å². The van der Waals surface area contributed by atoms with Gasteiger partial charge in [-0.1, -0.05) is 19.9 Å². The molecule has 1 aromatic carbocycles. The van der Waals surface area contributed by atoms with E-state index in [1.165, 1.54) is 0 Å². The summed E-state index contributed by atoms with van der Waals surface area (Å²) in [4.78, 5) is 0. The molecular formula is C11H15F. The monoisotopic (exact) mass is 166 g/mol. The van der Waals surface area contributed by atoms with Crippen LogP contribution in [-0.2, 0) is 12.8 Å². The molecule has 0 saturated heterocycles. The highest BCUT2D eigenvalue weighted by atomic mass is 19.1. The Hall–Kier alpha value is -0.850. The molecule has 0 amide bonds. The Morgan fingerprint density at radius 3 is 2.33 bits per heavy atom. The molecule has 0 heterocycles. The Bertz CT molecular complexity index is 277. The summed E-state index contributed by atoms with van der Waals surface area (Å²) in [6.07, 6.45) is 1.82. The van der Waals surface area contributed by atoms with Crippen molar-refractivity contribution in [3.8, 4) is 0 Å². The second kappa shape index (κ2) is 3.70. The van der Waals surface area contributed by atoms with Gasteiger partial charge in [-0.3, -0.25) is 0 Å². The molecule has 12 heavy (non-hydrogen) atoms. The van der Waals surface area contributed by atoms with E-state index >= 15 is 0 Å². The highest BCUT2D eigenvalue weighted by Crippen LogP contribution is 2.16. The molecule has 0 aliphatic rings. The molecule has 0 aliphatic carbocycles. The van der Waals surface area contributed by atoms with E-state index in [2.05, 4.69) is 13.0 Å². The van der Waals surface area contributed by atoms with Crippen molar-refractivity contribution < 1.29 is 4.39 Å². The zero-order chi connectivity index (χ0) is 9.14. The normalized spacial score (nSPS) is 10.3. The maximum atomic E-state index is 13.2. The Balaban J connectivity index is 3.19. The van der Waals surface area contributed by atoms with Gasteiger partial charge in [-0.2, -0.15) is 0 Å². The molecule has 66 valence electrons. The molecule has 0 saturated carbocycles. The van der Waals surface area contributed by atoms with Crippen molar-refractivity contribution in [1.82, 2.24) is 0 Å². The lowest BCUT2D eigenvalue weighted by atomic mass is 10.0. The van der Waals surface area contributed by atoms with Crippen LogP contribution >= 0.6 is 0 Å². The van der Waals surface area contributed by atoms with Crippen molar-refractivity contribution in [3.63, 3.8) is 0 Å². The van der Waals surface area contributed by atoms with Gasteiger partial charge in [0.15, 0.2) is 0 Å². The van der Waals surface area contributed by atoms with Crippen LogP contribution < -0.4 is 0 Å². The first-order valence-corrected chi connectivity index (χ1v) is 4.47. The molecular weight excluding hydrogens is 151 g/mol. The Labute approximate surface area is 73.4 Å². The summed E-state index contributed by atoms with van der Waals surface area (Å²) in [5.74, 6) is -0.0637. The van der Waals surface area contributed by atoms with Crippen molar-refractivity contribution in [1.29, 1.82) is 0 Å². The molecule has 1 heteroatoms. The Kier molecular flexibility index (Phi) is 2.85. The minimum absolute atomic E-state index is 0.0637. The molecule has 1 rings (SSSR count). The van der Waals surface area contributed by atoms with E-state index in [4.69, 9.17) is 0 Å². The van der Waals surface area contributed by atoms with E-state index in [1.807, 2.05) is 13.8 Å². The average Bonchev–Trinajstić information content (AvgIpc) is 2.09. The van der Waals surface area contributed by atoms with E-state index in [-0.39, 0.29) is 5.82 Å². The van der Waals surface area contributed by atoms with Gasteiger partial charge in [0.1, 0.15) is 5.82 Å². The maximum absolute atomic E-state index is 13.2. The lowest BCUT2D eigenvalue weighted by Crippen LogP contribution is -1.94. The minimum Gasteiger partial charge on any atom is -0.207 e. The van der Waals surface area contributed by atoms with Crippen molar-refractivity contribution in [3.05, 3.63) is 34.6 Å². The number of rotatable bonds is 2. The Morgan fingerprint density at radius 1 is 1.17 bits per heavy atom. The van der Waals surface area contributed by atoms with Crippen molar-refractivity contribution in [2.45, 2.75) is 33.6 Å². The third-order valence-corrected chi connectivity index (χ3v) is 2.30. The molecule has 0 bridgehead atoms. The second-order valence-corrected chi connectivity index (χ2v) is 3.07. The summed E-state index contributed by atoms with van der Waals surface area (Å²) >= 11 is 0. The van der Waals surface area contributed by atoms with Gasteiger partial charge in [0.05, 0.1) is 0 Å². The number of halogens is 1. The molecule has 0 spiro atoms. The van der Waals surface area contributed by atoms with Crippen LogP contribution in [0.3, 0.4) is 0 Å². The number of hydrogen-bond donors (Lipinski definition) is 0. The van der Waals surface area contributed by atoms with Crippen LogP contribution in [0.4, 0.5) is 4.39 Å². The number of benzene rings is 1. The molecule has 0 N–H and O–H groups in total. The zero-order valence-corrected chi connectivity index (χ0v) is 7.95. The highest BCUT2D eigenvalue weighted by Gasteiger charge is 2.03. The van der Waals surface area contributed by atoms with Crippen molar-refractivity contribution >= 4 is 0 Å². The molecule has 0 nitrogen and oxygen atoms in total. The molecule has 1 aromatic rings. The fraction of sp³-hybridized carbons (Fsp3) is 0.455. The smallest absolute Gasteiger partial charge is 0.126 e. The van der Waals surface area contributed by atoms with Gasteiger partial charge >= 0.3 is 0 Å². The summed E-state index contributed by atoms with van der Waals surface area (Å²) < 4.78 is 13.2. The van der Waals surface area contributed by atoms with E-state index in [0.717, 1.165) is 29.5 Å². The number of aryl methyl sites for hydroxylation is 2. The Morgan fingerprint density at radius 2 is 1.83 bits per heavy atom. The van der Waals surface area contributed by atoms with Gasteiger partial charge in [0, 0.05) is 0 Å². The summed E-state index contributed by atoms with van der Waals surface area (Å²) in [7, 11) is 0. The van der Waals surface area contributed by atoms with Crippen LogP contribution in [0.25, 0.3) is 0 Å². The third kappa shape index (κ3) is 1.66. The predicted octanol–water partition coefficient (Wildman–Crippen LogP) is 3.26. The molecule has 0 atom stereocenters. The molecule has 0 aliphatic heterocycles. The van der Waals surface area contributed by atoms with Crippen LogP contribution in [0.15, 0.2) is 12.1 Å². The lowest BCUT2D eigenvalue weighted by molar-refractivity contribution is 0.613. The highest BCUT2D eigenvalue weighted by molar-refractivity contribution is 5.32. The lowest BCUT2D eigenvalue weighted by Gasteiger charge is -2.06. The summed E-state index contributed by atoms with van der Waals surface area (Å²) in [6.45, 7) is 5.94. The predicted molar refractivity (Wildman–Crippen MR) is 49.9 cm³/mol. The van der Waals surface area contributed by atoms with Gasteiger partial charge in [0.25, 0.3) is 0 Å². The fourth-order valence-electron chi connectivity index (χ4n) is 1.37. The van der Waals surface area contributed by atoms with Gasteiger partial charge < -0.3 is 0 Å². The minimum atomic E-state index is -0.0637. The number of hydrogen-bond acceptors (Lipinski definition) is 0. The molecule has 0 fully saturated rings. The first-order valence-electron chi connectivity index (χ1n) is 4.47. The van der Waals surface area contributed by atoms with Gasteiger partial charge in [0.2, 0.25) is 0 Å². The topological polar surface area (TPSA) is 0 Å². The van der Waals surface area contributed by atoms with Crippen LogP contribution in [0.2, 0.25) is 0 Å². The van der Waals surface area contributed by atoms with Gasteiger partial charge in [-0.25, -0.2) is 4.39 Å². The SMILES string of the molecule is CCc1cc(F)c(C)c(CC)c1. The molecule has 0 unspecified atom stereocenters. The summed E-state index contributed by atoms with van der Waals surface area (Å²) in [5, 5.41) is 0. The molecule has 0 radical (unpaired) electrons. The quantitative estimate of drug-likeness (QED) is 0.632. The summed E-state index contributed by atoms with van der Waals surface area (Å²) in [6, 6.07) is 3.73. The first kappa shape index (κ1) is 9.24. The molecule has 0 aromatic heterocycles. The third-order valence-electron chi connectivity index (χ3n) is 2.30. The average molecular weight is 166 g/mol. The zero-order valence-electron chi connectivity index (χ0n) is 7.95.